The van der Waals surface area contributed by atoms with Crippen LogP contribution in [0.4, 0.5) is 0 Å². The number of hydrogen-bond acceptors (Lipinski definition) is 2. The highest BCUT2D eigenvalue weighted by molar-refractivity contribution is 5.77. The second-order valence-corrected chi connectivity index (χ2v) is 4.20. The third kappa shape index (κ3) is 6.89. The molecule has 0 saturated carbocycles. The van der Waals surface area contributed by atoms with Crippen molar-refractivity contribution in [3.05, 3.63) is 0 Å². The van der Waals surface area contributed by atoms with Gasteiger partial charge in [-0.05, 0) is 24.8 Å². The Labute approximate surface area is 87.6 Å². The van der Waals surface area contributed by atoms with E-state index in [-0.39, 0.29) is 5.91 Å². The van der Waals surface area contributed by atoms with Crippen molar-refractivity contribution in [1.82, 2.24) is 10.6 Å². The molecule has 1 atom stereocenters. The fourth-order valence-corrected chi connectivity index (χ4v) is 0.976. The molecule has 0 bridgehead atoms. The number of carbonyl (C=O) groups is 1. The Kier molecular flexibility index (Phi) is 7.48. The molecule has 0 spiro atoms. The van der Waals surface area contributed by atoms with E-state index in [4.69, 9.17) is 0 Å². The van der Waals surface area contributed by atoms with Crippen LogP contribution in [0.5, 0.6) is 0 Å². The monoisotopic (exact) mass is 200 g/mol. The third-order valence-electron chi connectivity index (χ3n) is 2.46. The predicted molar refractivity (Wildman–Crippen MR) is 60.2 cm³/mol. The highest BCUT2D eigenvalue weighted by Gasteiger charge is 2.07. The zero-order valence-corrected chi connectivity index (χ0v) is 9.89. The number of rotatable bonds is 7. The van der Waals surface area contributed by atoms with Crippen LogP contribution in [0.15, 0.2) is 0 Å². The third-order valence-corrected chi connectivity index (χ3v) is 2.46. The zero-order chi connectivity index (χ0) is 11.0. The maximum absolute atomic E-state index is 11.2. The minimum atomic E-state index is 0.0998. The molecule has 84 valence electrons. The number of carbonyl (C=O) groups excluding carboxylic acids is 1. The summed E-state index contributed by atoms with van der Waals surface area (Å²) < 4.78 is 0. The van der Waals surface area contributed by atoms with E-state index in [2.05, 4.69) is 38.3 Å². The molecule has 0 aliphatic heterocycles. The number of nitrogens with one attached hydrogen (secondary N) is 2. The van der Waals surface area contributed by atoms with Crippen LogP contribution < -0.4 is 10.6 Å². The lowest BCUT2D eigenvalue weighted by molar-refractivity contribution is -0.120. The summed E-state index contributed by atoms with van der Waals surface area (Å²) in [5.41, 5.74) is 0. The molecule has 0 radical (unpaired) electrons. The van der Waals surface area contributed by atoms with Gasteiger partial charge in [0.2, 0.25) is 5.91 Å². The van der Waals surface area contributed by atoms with Gasteiger partial charge in [0.15, 0.2) is 0 Å². The summed E-state index contributed by atoms with van der Waals surface area (Å²) in [6, 6.07) is 0. The summed E-state index contributed by atoms with van der Waals surface area (Å²) >= 11 is 0. The van der Waals surface area contributed by atoms with Crippen LogP contribution >= 0.6 is 0 Å². The van der Waals surface area contributed by atoms with E-state index >= 15 is 0 Å². The Morgan fingerprint density at radius 1 is 1.29 bits per heavy atom. The molecule has 3 heteroatoms. The minimum Gasteiger partial charge on any atom is -0.355 e. The summed E-state index contributed by atoms with van der Waals surface area (Å²) in [7, 11) is 0. The van der Waals surface area contributed by atoms with E-state index in [1.165, 1.54) is 0 Å². The normalized spacial score (nSPS) is 12.9. The van der Waals surface area contributed by atoms with Crippen LogP contribution in [0.25, 0.3) is 0 Å². The van der Waals surface area contributed by atoms with Crippen molar-refractivity contribution in [2.45, 2.75) is 34.1 Å². The molecule has 0 aliphatic rings. The standard InChI is InChI=1S/C11H24N2O/c1-5-6-13-11(14)8-12-7-10(4)9(2)3/h9-10,12H,5-8H2,1-4H3,(H,13,14). The quantitative estimate of drug-likeness (QED) is 0.652. The first-order valence-corrected chi connectivity index (χ1v) is 5.55. The summed E-state index contributed by atoms with van der Waals surface area (Å²) in [5, 5.41) is 6.00. The molecular formula is C11H24N2O. The zero-order valence-electron chi connectivity index (χ0n) is 9.89. The molecule has 0 fully saturated rings. The molecule has 0 aromatic carbocycles. The first kappa shape index (κ1) is 13.4. The maximum atomic E-state index is 11.2. The highest BCUT2D eigenvalue weighted by atomic mass is 16.1. The SMILES string of the molecule is CCCNC(=O)CNCC(C)C(C)C. The lowest BCUT2D eigenvalue weighted by Gasteiger charge is -2.15. The molecule has 1 amide bonds. The van der Waals surface area contributed by atoms with Crippen LogP contribution in [-0.2, 0) is 4.79 Å². The minimum absolute atomic E-state index is 0.0998. The van der Waals surface area contributed by atoms with Crippen molar-refractivity contribution in [3.63, 3.8) is 0 Å². The molecule has 0 heterocycles. The van der Waals surface area contributed by atoms with Gasteiger partial charge in [-0.15, -0.1) is 0 Å². The Morgan fingerprint density at radius 2 is 1.93 bits per heavy atom. The van der Waals surface area contributed by atoms with Crippen molar-refractivity contribution < 1.29 is 4.79 Å². The van der Waals surface area contributed by atoms with E-state index < -0.39 is 0 Å². The summed E-state index contributed by atoms with van der Waals surface area (Å²) in [6.45, 7) is 10.8. The van der Waals surface area contributed by atoms with Crippen LogP contribution in [0.2, 0.25) is 0 Å². The molecule has 0 aromatic heterocycles. The van der Waals surface area contributed by atoms with Crippen LogP contribution in [-0.4, -0.2) is 25.5 Å². The van der Waals surface area contributed by atoms with Crippen molar-refractivity contribution in [2.75, 3.05) is 19.6 Å². The molecular weight excluding hydrogens is 176 g/mol. The van der Waals surface area contributed by atoms with E-state index in [1.54, 1.807) is 0 Å². The van der Waals surface area contributed by atoms with Gasteiger partial charge in [0.1, 0.15) is 0 Å². The average Bonchev–Trinajstić information content (AvgIpc) is 2.14. The fraction of sp³-hybridized carbons (Fsp3) is 0.909. The van der Waals surface area contributed by atoms with Crippen LogP contribution in [0.3, 0.4) is 0 Å². The lowest BCUT2D eigenvalue weighted by Crippen LogP contribution is -2.36. The topological polar surface area (TPSA) is 41.1 Å². The van der Waals surface area contributed by atoms with Gasteiger partial charge in [-0.3, -0.25) is 4.79 Å². The first-order chi connectivity index (χ1) is 6.57. The van der Waals surface area contributed by atoms with E-state index in [1.807, 2.05) is 0 Å². The molecule has 0 rings (SSSR count). The molecule has 0 aromatic rings. The van der Waals surface area contributed by atoms with Gasteiger partial charge in [0.05, 0.1) is 6.54 Å². The first-order valence-electron chi connectivity index (χ1n) is 5.55. The predicted octanol–water partition coefficient (Wildman–Crippen LogP) is 1.39. The van der Waals surface area contributed by atoms with Crippen molar-refractivity contribution >= 4 is 5.91 Å². The van der Waals surface area contributed by atoms with E-state index in [0.717, 1.165) is 19.5 Å². The van der Waals surface area contributed by atoms with Gasteiger partial charge in [0, 0.05) is 6.54 Å². The second-order valence-electron chi connectivity index (χ2n) is 4.20. The number of hydrogen-bond donors (Lipinski definition) is 2. The Balaban J connectivity index is 3.39. The van der Waals surface area contributed by atoms with Crippen molar-refractivity contribution in [1.29, 1.82) is 0 Å². The van der Waals surface area contributed by atoms with Gasteiger partial charge < -0.3 is 10.6 Å². The molecule has 0 aliphatic carbocycles. The van der Waals surface area contributed by atoms with Crippen molar-refractivity contribution in [2.24, 2.45) is 11.8 Å². The smallest absolute Gasteiger partial charge is 0.233 e. The fourth-order valence-electron chi connectivity index (χ4n) is 0.976. The lowest BCUT2D eigenvalue weighted by atomic mass is 9.98. The van der Waals surface area contributed by atoms with Gasteiger partial charge in [0.25, 0.3) is 0 Å². The van der Waals surface area contributed by atoms with Crippen molar-refractivity contribution in [3.8, 4) is 0 Å². The molecule has 3 nitrogen and oxygen atoms in total. The number of amides is 1. The summed E-state index contributed by atoms with van der Waals surface area (Å²) in [6.07, 6.45) is 0.994. The van der Waals surface area contributed by atoms with Gasteiger partial charge >= 0.3 is 0 Å². The Bertz CT molecular complexity index is 157. The van der Waals surface area contributed by atoms with E-state index in [9.17, 15) is 4.79 Å². The van der Waals surface area contributed by atoms with Gasteiger partial charge in [-0.1, -0.05) is 27.7 Å². The maximum Gasteiger partial charge on any atom is 0.233 e. The van der Waals surface area contributed by atoms with Crippen LogP contribution in [0, 0.1) is 11.8 Å². The molecule has 0 saturated heterocycles. The molecule has 14 heavy (non-hydrogen) atoms. The Morgan fingerprint density at radius 3 is 2.43 bits per heavy atom. The summed E-state index contributed by atoms with van der Waals surface area (Å²) in [5.74, 6) is 1.39. The molecule has 1 unspecified atom stereocenters. The highest BCUT2D eigenvalue weighted by Crippen LogP contribution is 2.06. The molecule has 2 N–H and O–H groups in total. The van der Waals surface area contributed by atoms with Gasteiger partial charge in [-0.25, -0.2) is 0 Å². The Hall–Kier alpha value is -0.570. The van der Waals surface area contributed by atoms with E-state index in [0.29, 0.717) is 18.4 Å². The largest absolute Gasteiger partial charge is 0.355 e. The van der Waals surface area contributed by atoms with Crippen LogP contribution in [0.1, 0.15) is 34.1 Å². The summed E-state index contributed by atoms with van der Waals surface area (Å²) in [4.78, 5) is 11.2. The average molecular weight is 200 g/mol. The van der Waals surface area contributed by atoms with Gasteiger partial charge in [-0.2, -0.15) is 0 Å². The second kappa shape index (κ2) is 7.80.